The van der Waals surface area contributed by atoms with Gasteiger partial charge in [-0.2, -0.15) is 5.10 Å². The molecule has 2 aliphatic rings. The van der Waals surface area contributed by atoms with Gasteiger partial charge in [0.15, 0.2) is 0 Å². The van der Waals surface area contributed by atoms with Gasteiger partial charge in [-0.3, -0.25) is 14.5 Å². The number of hydrogen-bond donors (Lipinski definition) is 0. The minimum absolute atomic E-state index is 0.00493. The van der Waals surface area contributed by atoms with Crippen LogP contribution in [0.5, 0.6) is 0 Å². The van der Waals surface area contributed by atoms with E-state index in [1.807, 2.05) is 27.5 Å². The molecule has 1 spiro atoms. The summed E-state index contributed by atoms with van der Waals surface area (Å²) in [6.07, 6.45) is 7.09. The van der Waals surface area contributed by atoms with Crippen molar-refractivity contribution in [2.45, 2.75) is 51.6 Å². The lowest BCUT2D eigenvalue weighted by molar-refractivity contribution is 0.0583. The van der Waals surface area contributed by atoms with E-state index in [-0.39, 0.29) is 23.4 Å². The van der Waals surface area contributed by atoms with Gasteiger partial charge in [-0.15, -0.1) is 0 Å². The Bertz CT molecular complexity index is 988. The normalized spacial score (nSPS) is 17.7. The van der Waals surface area contributed by atoms with Gasteiger partial charge in [0.25, 0.3) is 5.91 Å². The number of hydrogen-bond acceptors (Lipinski definition) is 4. The molecule has 2 aromatic heterocycles. The Morgan fingerprint density at radius 1 is 1.13 bits per heavy atom. The summed E-state index contributed by atoms with van der Waals surface area (Å²) >= 11 is 0. The lowest BCUT2D eigenvalue weighted by Crippen LogP contribution is -2.55. The van der Waals surface area contributed by atoms with E-state index in [4.69, 9.17) is 5.10 Å². The number of pyridine rings is 1. The van der Waals surface area contributed by atoms with Crippen LogP contribution in [0.2, 0.25) is 0 Å². The number of aromatic nitrogens is 3. The van der Waals surface area contributed by atoms with Crippen LogP contribution >= 0.6 is 0 Å². The van der Waals surface area contributed by atoms with Crippen molar-refractivity contribution in [3.8, 4) is 0 Å². The molecule has 31 heavy (non-hydrogen) atoms. The molecule has 4 heterocycles. The molecule has 2 aromatic rings. The fourth-order valence-electron chi connectivity index (χ4n) is 4.76. The molecule has 4 rings (SSSR count). The Hall–Kier alpha value is -2.90. The fraction of sp³-hybridized carbons (Fsp3) is 0.565. The second-order valence-electron chi connectivity index (χ2n) is 9.43. The van der Waals surface area contributed by atoms with E-state index < -0.39 is 0 Å². The van der Waals surface area contributed by atoms with Crippen LogP contribution in [0.4, 0.5) is 4.79 Å². The lowest BCUT2D eigenvalue weighted by Gasteiger charge is -2.46. The maximum atomic E-state index is 13.4. The van der Waals surface area contributed by atoms with Gasteiger partial charge >= 0.3 is 6.03 Å². The fourth-order valence-corrected chi connectivity index (χ4v) is 4.76. The van der Waals surface area contributed by atoms with Crippen LogP contribution in [0.15, 0.2) is 24.7 Å². The summed E-state index contributed by atoms with van der Waals surface area (Å²) in [7, 11) is 3.57. The quantitative estimate of drug-likeness (QED) is 0.743. The molecule has 0 unspecified atom stereocenters. The molecule has 8 heteroatoms. The van der Waals surface area contributed by atoms with E-state index in [1.54, 1.807) is 31.4 Å². The minimum Gasteiger partial charge on any atom is -0.333 e. The van der Waals surface area contributed by atoms with E-state index in [9.17, 15) is 9.59 Å². The number of carbonyl (C=O) groups is 2. The molecule has 0 aromatic carbocycles. The molecule has 3 amide bonds. The third-order valence-electron chi connectivity index (χ3n) is 6.48. The Morgan fingerprint density at radius 3 is 2.45 bits per heavy atom. The van der Waals surface area contributed by atoms with E-state index >= 15 is 0 Å². The predicted molar refractivity (Wildman–Crippen MR) is 118 cm³/mol. The maximum Gasteiger partial charge on any atom is 0.319 e. The van der Waals surface area contributed by atoms with Crippen LogP contribution in [-0.2, 0) is 12.0 Å². The number of carbonyl (C=O) groups excluding carboxylic acids is 2. The zero-order valence-corrected chi connectivity index (χ0v) is 19.1. The highest BCUT2D eigenvalue weighted by Gasteiger charge is 2.46. The van der Waals surface area contributed by atoms with Gasteiger partial charge in [0, 0.05) is 75.9 Å². The van der Waals surface area contributed by atoms with Crippen molar-refractivity contribution in [3.63, 3.8) is 0 Å². The van der Waals surface area contributed by atoms with Crippen molar-refractivity contribution in [1.82, 2.24) is 29.5 Å². The van der Waals surface area contributed by atoms with Crippen LogP contribution in [0.1, 0.15) is 59.9 Å². The van der Waals surface area contributed by atoms with Crippen molar-refractivity contribution in [1.29, 1.82) is 0 Å². The summed E-state index contributed by atoms with van der Waals surface area (Å²) in [6.45, 7) is 8.68. The predicted octanol–water partition coefficient (Wildman–Crippen LogP) is 2.84. The first-order valence-electron chi connectivity index (χ1n) is 11.0. The number of piperidine rings is 1. The average molecular weight is 425 g/mol. The smallest absolute Gasteiger partial charge is 0.319 e. The lowest BCUT2D eigenvalue weighted by atomic mass is 9.72. The summed E-state index contributed by atoms with van der Waals surface area (Å²) in [5, 5.41) is 4.97. The molecule has 1 saturated heterocycles. The minimum atomic E-state index is -0.232. The average Bonchev–Trinajstić information content (AvgIpc) is 3.19. The van der Waals surface area contributed by atoms with E-state index in [1.165, 1.54) is 0 Å². The Kier molecular flexibility index (Phi) is 5.49. The second-order valence-corrected chi connectivity index (χ2v) is 9.43. The van der Waals surface area contributed by atoms with Crippen molar-refractivity contribution in [3.05, 3.63) is 47.0 Å². The summed E-state index contributed by atoms with van der Waals surface area (Å²) in [6, 6.07) is 2.19. The van der Waals surface area contributed by atoms with E-state index in [0.717, 1.165) is 29.7 Å². The number of likely N-dealkylation sites (tertiary alicyclic amines) is 1. The molecular formula is C23H32N6O2. The third kappa shape index (κ3) is 3.91. The molecule has 8 nitrogen and oxygen atoms in total. The molecule has 0 aliphatic carbocycles. The van der Waals surface area contributed by atoms with Crippen LogP contribution in [-0.4, -0.2) is 75.1 Å². The number of rotatable bonds is 2. The standard InChI is InChI=1S/C23H32N6O2/c1-16(2)29-14-19-13-28(21(30)18-10-17(3)11-24-12-18)15-23(20(19)25-29)6-8-27(9-7-23)22(31)26(4)5/h10-12,14,16H,6-9,13,15H2,1-5H3. The van der Waals surface area contributed by atoms with Crippen LogP contribution < -0.4 is 0 Å². The zero-order chi connectivity index (χ0) is 22.3. The molecule has 0 radical (unpaired) electrons. The number of aryl methyl sites for hydroxylation is 1. The molecule has 0 N–H and O–H groups in total. The highest BCUT2D eigenvalue weighted by Crippen LogP contribution is 2.42. The highest BCUT2D eigenvalue weighted by atomic mass is 16.2. The first kappa shape index (κ1) is 21.3. The first-order chi connectivity index (χ1) is 14.7. The van der Waals surface area contributed by atoms with Gasteiger partial charge < -0.3 is 14.7 Å². The Morgan fingerprint density at radius 2 is 1.84 bits per heavy atom. The summed E-state index contributed by atoms with van der Waals surface area (Å²) in [5.74, 6) is 0.00493. The van der Waals surface area contributed by atoms with Gasteiger partial charge in [-0.25, -0.2) is 4.79 Å². The van der Waals surface area contributed by atoms with Crippen molar-refractivity contribution in [2.24, 2.45) is 0 Å². The molecule has 0 atom stereocenters. The molecule has 0 saturated carbocycles. The third-order valence-corrected chi connectivity index (χ3v) is 6.48. The largest absolute Gasteiger partial charge is 0.333 e. The Labute approximate surface area is 183 Å². The summed E-state index contributed by atoms with van der Waals surface area (Å²) in [5.41, 5.74) is 3.58. The number of nitrogens with zero attached hydrogens (tertiary/aromatic N) is 6. The van der Waals surface area contributed by atoms with Crippen molar-refractivity contribution >= 4 is 11.9 Å². The van der Waals surface area contributed by atoms with Gasteiger partial charge in [0.05, 0.1) is 11.3 Å². The molecule has 166 valence electrons. The topological polar surface area (TPSA) is 74.6 Å². The molecule has 1 fully saturated rings. The molecule has 2 aliphatic heterocycles. The highest BCUT2D eigenvalue weighted by molar-refractivity contribution is 5.94. The SMILES string of the molecule is Cc1cncc(C(=O)N2Cc3cn(C(C)C)nc3C3(CCN(C(=O)N(C)C)CC3)C2)c1. The number of amides is 3. The van der Waals surface area contributed by atoms with Gasteiger partial charge in [0.1, 0.15) is 0 Å². The van der Waals surface area contributed by atoms with E-state index in [2.05, 4.69) is 25.0 Å². The maximum absolute atomic E-state index is 13.4. The van der Waals surface area contributed by atoms with Crippen LogP contribution in [0.3, 0.4) is 0 Å². The summed E-state index contributed by atoms with van der Waals surface area (Å²) in [4.78, 5) is 35.5. The van der Waals surface area contributed by atoms with Gasteiger partial charge in [0.2, 0.25) is 0 Å². The van der Waals surface area contributed by atoms with E-state index in [0.29, 0.717) is 31.7 Å². The van der Waals surface area contributed by atoms with Crippen LogP contribution in [0, 0.1) is 6.92 Å². The van der Waals surface area contributed by atoms with Crippen molar-refractivity contribution in [2.75, 3.05) is 33.7 Å². The number of fused-ring (bicyclic) bond motifs is 2. The summed E-state index contributed by atoms with van der Waals surface area (Å²) < 4.78 is 2.01. The van der Waals surface area contributed by atoms with Gasteiger partial charge in [-0.05, 0) is 45.2 Å². The van der Waals surface area contributed by atoms with Gasteiger partial charge in [-0.1, -0.05) is 0 Å². The zero-order valence-electron chi connectivity index (χ0n) is 19.1. The second kappa shape index (κ2) is 7.98. The molecular weight excluding hydrogens is 392 g/mol. The van der Waals surface area contributed by atoms with Crippen LogP contribution in [0.25, 0.3) is 0 Å². The Balaban J connectivity index is 1.66. The van der Waals surface area contributed by atoms with Crippen molar-refractivity contribution < 1.29 is 9.59 Å². The molecule has 0 bridgehead atoms. The monoisotopic (exact) mass is 424 g/mol. The number of urea groups is 1. The first-order valence-corrected chi connectivity index (χ1v) is 11.0.